The predicted octanol–water partition coefficient (Wildman–Crippen LogP) is 1.09. The van der Waals surface area contributed by atoms with Crippen molar-refractivity contribution in [2.24, 2.45) is 5.10 Å². The molecule has 0 aliphatic carbocycles. The lowest BCUT2D eigenvalue weighted by molar-refractivity contribution is 0.114. The van der Waals surface area contributed by atoms with Crippen LogP contribution in [0.5, 0.6) is 0 Å². The Morgan fingerprint density at radius 2 is 2.26 bits per heavy atom. The van der Waals surface area contributed by atoms with Gasteiger partial charge in [-0.2, -0.15) is 5.10 Å². The first-order valence-electron chi connectivity index (χ1n) is 7.79. The third kappa shape index (κ3) is 6.13. The first-order chi connectivity index (χ1) is 11.2. The second kappa shape index (κ2) is 9.44. The highest BCUT2D eigenvalue weighted by atomic mass is 32.1. The Balaban J connectivity index is 1.72. The number of hydrogen-bond donors (Lipinski definition) is 3. The zero-order valence-electron chi connectivity index (χ0n) is 13.4. The number of hydrazone groups is 1. The van der Waals surface area contributed by atoms with Gasteiger partial charge in [0.05, 0.1) is 18.9 Å². The van der Waals surface area contributed by atoms with Crippen molar-refractivity contribution in [3.63, 3.8) is 0 Å². The Labute approximate surface area is 142 Å². The quantitative estimate of drug-likeness (QED) is 0.393. The van der Waals surface area contributed by atoms with Gasteiger partial charge >= 0.3 is 0 Å². The zero-order chi connectivity index (χ0) is 16.5. The van der Waals surface area contributed by atoms with E-state index in [4.69, 9.17) is 22.1 Å². The van der Waals surface area contributed by atoms with Gasteiger partial charge in [-0.25, -0.2) is 0 Å². The molecule has 7 heteroatoms. The van der Waals surface area contributed by atoms with Gasteiger partial charge in [0.25, 0.3) is 0 Å². The van der Waals surface area contributed by atoms with Crippen molar-refractivity contribution in [2.45, 2.75) is 18.9 Å². The molecule has 0 unspecified atom stereocenters. The summed E-state index contributed by atoms with van der Waals surface area (Å²) in [6.07, 6.45) is 4.17. The molecule has 1 aromatic carbocycles. The molecule has 1 aromatic rings. The van der Waals surface area contributed by atoms with Gasteiger partial charge in [0.1, 0.15) is 0 Å². The summed E-state index contributed by atoms with van der Waals surface area (Å²) in [7, 11) is 1.94. The fourth-order valence-electron chi connectivity index (χ4n) is 2.31. The molecule has 0 spiro atoms. The van der Waals surface area contributed by atoms with Gasteiger partial charge in [-0.05, 0) is 42.8 Å². The van der Waals surface area contributed by atoms with Crippen LogP contribution >= 0.6 is 12.2 Å². The van der Waals surface area contributed by atoms with Crippen molar-refractivity contribution in [1.82, 2.24) is 10.7 Å². The number of likely N-dealkylation sites (N-methyl/N-ethyl adjacent to an activating group) is 1. The number of nitrogens with zero attached hydrogens (tertiary/aromatic N) is 2. The zero-order valence-corrected chi connectivity index (χ0v) is 14.2. The van der Waals surface area contributed by atoms with E-state index in [1.165, 1.54) is 0 Å². The maximum Gasteiger partial charge on any atom is 0.187 e. The van der Waals surface area contributed by atoms with Gasteiger partial charge in [-0.15, -0.1) is 0 Å². The maximum absolute atomic E-state index is 8.94. The lowest BCUT2D eigenvalue weighted by atomic mass is 10.2. The van der Waals surface area contributed by atoms with E-state index in [1.54, 1.807) is 6.21 Å². The van der Waals surface area contributed by atoms with Crippen LogP contribution < -0.4 is 15.6 Å². The predicted molar refractivity (Wildman–Crippen MR) is 97.1 cm³/mol. The molecule has 0 radical (unpaired) electrons. The molecule has 1 aliphatic rings. The highest BCUT2D eigenvalue weighted by molar-refractivity contribution is 7.80. The van der Waals surface area contributed by atoms with Crippen molar-refractivity contribution in [1.29, 1.82) is 0 Å². The molecule has 6 nitrogen and oxygen atoms in total. The fourth-order valence-corrected chi connectivity index (χ4v) is 2.45. The van der Waals surface area contributed by atoms with Gasteiger partial charge in [0.15, 0.2) is 5.11 Å². The van der Waals surface area contributed by atoms with Crippen molar-refractivity contribution < 1.29 is 9.84 Å². The standard InChI is InChI=1S/C16H24N4O2S/c1-20(8-9-21)14-6-4-13(5-7-14)11-18-19-16(23)17-12-15-3-2-10-22-15/h4-7,11,15,21H,2-3,8-10,12H2,1H3,(H2,17,19,23)/b18-11-/t15-/m0/s1. The summed E-state index contributed by atoms with van der Waals surface area (Å²) in [4.78, 5) is 1.99. The minimum atomic E-state index is 0.139. The SMILES string of the molecule is CN(CCO)c1ccc(/C=N\NC(=S)NC[C@@H]2CCCO2)cc1. The lowest BCUT2D eigenvalue weighted by Crippen LogP contribution is -2.37. The van der Waals surface area contributed by atoms with Gasteiger partial charge in [0.2, 0.25) is 0 Å². The first-order valence-corrected chi connectivity index (χ1v) is 8.20. The second-order valence-corrected chi connectivity index (χ2v) is 5.86. The molecule has 1 fully saturated rings. The van der Waals surface area contributed by atoms with Gasteiger partial charge in [-0.3, -0.25) is 5.43 Å². The number of aliphatic hydroxyl groups excluding tert-OH is 1. The molecule has 2 rings (SSSR count). The number of anilines is 1. The van der Waals surface area contributed by atoms with E-state index in [0.717, 1.165) is 30.7 Å². The minimum absolute atomic E-state index is 0.139. The Bertz CT molecular complexity index is 515. The summed E-state index contributed by atoms with van der Waals surface area (Å²) in [6, 6.07) is 7.92. The van der Waals surface area contributed by atoms with E-state index in [1.807, 2.05) is 36.2 Å². The van der Waals surface area contributed by atoms with Crippen molar-refractivity contribution in [3.8, 4) is 0 Å². The molecule has 1 heterocycles. The van der Waals surface area contributed by atoms with Crippen LogP contribution in [0.1, 0.15) is 18.4 Å². The Hall–Kier alpha value is -1.70. The van der Waals surface area contributed by atoms with E-state index in [2.05, 4.69) is 15.8 Å². The van der Waals surface area contributed by atoms with E-state index < -0.39 is 0 Å². The van der Waals surface area contributed by atoms with Crippen LogP contribution in [0.25, 0.3) is 0 Å². The highest BCUT2D eigenvalue weighted by Crippen LogP contribution is 2.12. The molecule has 1 atom stereocenters. The molecule has 1 saturated heterocycles. The summed E-state index contributed by atoms with van der Waals surface area (Å²) >= 11 is 5.17. The summed E-state index contributed by atoms with van der Waals surface area (Å²) in [5.41, 5.74) is 4.83. The van der Waals surface area contributed by atoms with Crippen LogP contribution in [0.3, 0.4) is 0 Å². The van der Waals surface area contributed by atoms with Crippen LogP contribution in [0.15, 0.2) is 29.4 Å². The molecular weight excluding hydrogens is 312 g/mol. The minimum Gasteiger partial charge on any atom is -0.395 e. The van der Waals surface area contributed by atoms with Crippen molar-refractivity contribution in [2.75, 3.05) is 38.3 Å². The van der Waals surface area contributed by atoms with Crippen LogP contribution in [-0.2, 0) is 4.74 Å². The normalized spacial score (nSPS) is 17.4. The van der Waals surface area contributed by atoms with Crippen LogP contribution in [0, 0.1) is 0 Å². The number of thiocarbonyl (C=S) groups is 1. The maximum atomic E-state index is 8.94. The van der Waals surface area contributed by atoms with E-state index in [0.29, 0.717) is 18.2 Å². The van der Waals surface area contributed by atoms with Gasteiger partial charge < -0.3 is 20.1 Å². The van der Waals surface area contributed by atoms with E-state index in [-0.39, 0.29) is 12.7 Å². The Morgan fingerprint density at radius 1 is 1.48 bits per heavy atom. The molecule has 23 heavy (non-hydrogen) atoms. The third-order valence-electron chi connectivity index (χ3n) is 3.66. The van der Waals surface area contributed by atoms with E-state index in [9.17, 15) is 0 Å². The lowest BCUT2D eigenvalue weighted by Gasteiger charge is -2.17. The molecule has 0 amide bonds. The molecule has 3 N–H and O–H groups in total. The third-order valence-corrected chi connectivity index (χ3v) is 3.90. The average Bonchev–Trinajstić information content (AvgIpc) is 3.07. The summed E-state index contributed by atoms with van der Waals surface area (Å²) in [6.45, 7) is 2.31. The van der Waals surface area contributed by atoms with Gasteiger partial charge in [-0.1, -0.05) is 12.1 Å². The number of rotatable bonds is 7. The highest BCUT2D eigenvalue weighted by Gasteiger charge is 2.14. The summed E-state index contributed by atoms with van der Waals surface area (Å²) in [5, 5.41) is 16.7. The Morgan fingerprint density at radius 3 is 2.91 bits per heavy atom. The largest absolute Gasteiger partial charge is 0.395 e. The molecule has 0 aromatic heterocycles. The second-order valence-electron chi connectivity index (χ2n) is 5.45. The molecule has 0 bridgehead atoms. The number of ether oxygens (including phenoxy) is 1. The van der Waals surface area contributed by atoms with Gasteiger partial charge in [0, 0.05) is 32.4 Å². The first kappa shape index (κ1) is 17.7. The average molecular weight is 336 g/mol. The Kier molecular flexibility index (Phi) is 7.25. The molecule has 1 aliphatic heterocycles. The number of nitrogens with one attached hydrogen (secondary N) is 2. The topological polar surface area (TPSA) is 69.1 Å². The van der Waals surface area contributed by atoms with Crippen LogP contribution in [0.4, 0.5) is 5.69 Å². The van der Waals surface area contributed by atoms with Crippen molar-refractivity contribution in [3.05, 3.63) is 29.8 Å². The number of aliphatic hydroxyl groups is 1. The van der Waals surface area contributed by atoms with Crippen molar-refractivity contribution >= 4 is 29.2 Å². The van der Waals surface area contributed by atoms with Crippen LogP contribution in [0.2, 0.25) is 0 Å². The number of benzene rings is 1. The monoisotopic (exact) mass is 336 g/mol. The molecule has 0 saturated carbocycles. The summed E-state index contributed by atoms with van der Waals surface area (Å²) in [5.74, 6) is 0. The molecule has 126 valence electrons. The smallest absolute Gasteiger partial charge is 0.187 e. The van der Waals surface area contributed by atoms with E-state index >= 15 is 0 Å². The summed E-state index contributed by atoms with van der Waals surface area (Å²) < 4.78 is 5.52. The van der Waals surface area contributed by atoms with Crippen LogP contribution in [-0.4, -0.2) is 55.9 Å². The molecular formula is C16H24N4O2S. The fraction of sp³-hybridized carbons (Fsp3) is 0.500. The number of hydrogen-bond acceptors (Lipinski definition) is 5.